The molecule has 0 unspecified atom stereocenters. The van der Waals surface area contributed by atoms with Gasteiger partial charge in [0.25, 0.3) is 0 Å². The van der Waals surface area contributed by atoms with Crippen LogP contribution in [0.2, 0.25) is 0 Å². The first kappa shape index (κ1) is 19.1. The van der Waals surface area contributed by atoms with E-state index in [1.54, 1.807) is 0 Å². The normalized spacial score (nSPS) is 16.4. The molecule has 6 heteroatoms. The van der Waals surface area contributed by atoms with E-state index in [1.807, 2.05) is 30.3 Å². The van der Waals surface area contributed by atoms with E-state index in [4.69, 9.17) is 9.47 Å². The second-order valence-corrected chi connectivity index (χ2v) is 8.08. The van der Waals surface area contributed by atoms with Gasteiger partial charge in [0.15, 0.2) is 11.5 Å². The standard InChI is InChI=1S/C22H25BrN2O3/c23-17-15-21-20(27-11-12-28-21)13-16(17)14-22(26)24-18-7-3-4-8-19(18)25-9-5-1-2-6-10-25/h3-4,7-8,13,15H,1-2,5-6,9-12,14H2,(H,24,26). The van der Waals surface area contributed by atoms with Crippen LogP contribution < -0.4 is 19.7 Å². The van der Waals surface area contributed by atoms with Crippen LogP contribution in [0, 0.1) is 0 Å². The number of anilines is 2. The number of rotatable bonds is 4. The van der Waals surface area contributed by atoms with Gasteiger partial charge in [-0.25, -0.2) is 0 Å². The molecule has 1 N–H and O–H groups in total. The third-order valence-electron chi connectivity index (χ3n) is 5.19. The Bertz CT molecular complexity index is 848. The molecule has 0 radical (unpaired) electrons. The van der Waals surface area contributed by atoms with Gasteiger partial charge in [-0.3, -0.25) is 4.79 Å². The maximum absolute atomic E-state index is 12.8. The predicted octanol–water partition coefficient (Wildman–Crippen LogP) is 4.78. The number of fused-ring (bicyclic) bond motifs is 1. The zero-order valence-corrected chi connectivity index (χ0v) is 17.5. The van der Waals surface area contributed by atoms with Gasteiger partial charge in [0.1, 0.15) is 13.2 Å². The fourth-order valence-electron chi connectivity index (χ4n) is 3.78. The van der Waals surface area contributed by atoms with Crippen molar-refractivity contribution >= 4 is 33.2 Å². The van der Waals surface area contributed by atoms with Crippen molar-refractivity contribution in [2.75, 3.05) is 36.5 Å². The van der Waals surface area contributed by atoms with Gasteiger partial charge < -0.3 is 19.7 Å². The first-order valence-electron chi connectivity index (χ1n) is 9.92. The molecule has 1 fully saturated rings. The first-order valence-corrected chi connectivity index (χ1v) is 10.7. The molecule has 0 saturated carbocycles. The van der Waals surface area contributed by atoms with Crippen molar-refractivity contribution in [1.82, 2.24) is 0 Å². The van der Waals surface area contributed by atoms with Crippen LogP contribution in [-0.4, -0.2) is 32.2 Å². The number of carbonyl (C=O) groups excluding carboxylic acids is 1. The summed E-state index contributed by atoms with van der Waals surface area (Å²) in [4.78, 5) is 15.2. The molecule has 4 rings (SSSR count). The molecule has 2 aliphatic rings. The molecular weight excluding hydrogens is 420 g/mol. The molecule has 2 aliphatic heterocycles. The van der Waals surface area contributed by atoms with E-state index in [9.17, 15) is 4.79 Å². The van der Waals surface area contributed by atoms with Crippen LogP contribution >= 0.6 is 15.9 Å². The van der Waals surface area contributed by atoms with Gasteiger partial charge in [0.2, 0.25) is 5.91 Å². The summed E-state index contributed by atoms with van der Waals surface area (Å²) in [5, 5.41) is 3.11. The minimum absolute atomic E-state index is 0.0420. The van der Waals surface area contributed by atoms with E-state index < -0.39 is 0 Å². The number of hydrogen-bond acceptors (Lipinski definition) is 4. The number of ether oxygens (including phenoxy) is 2. The molecule has 28 heavy (non-hydrogen) atoms. The van der Waals surface area contributed by atoms with Crippen molar-refractivity contribution in [3.63, 3.8) is 0 Å². The highest BCUT2D eigenvalue weighted by atomic mass is 79.9. The Labute approximate surface area is 174 Å². The van der Waals surface area contributed by atoms with Crippen LogP contribution in [0.4, 0.5) is 11.4 Å². The summed E-state index contributed by atoms with van der Waals surface area (Å²) in [6, 6.07) is 11.9. The molecule has 0 aromatic heterocycles. The summed E-state index contributed by atoms with van der Waals surface area (Å²) < 4.78 is 12.1. The van der Waals surface area contributed by atoms with Crippen molar-refractivity contribution in [3.05, 3.63) is 46.4 Å². The Morgan fingerprint density at radius 2 is 1.68 bits per heavy atom. The Morgan fingerprint density at radius 3 is 2.43 bits per heavy atom. The highest BCUT2D eigenvalue weighted by Gasteiger charge is 2.18. The fraction of sp³-hybridized carbons (Fsp3) is 0.409. The molecular formula is C22H25BrN2O3. The average molecular weight is 445 g/mol. The van der Waals surface area contributed by atoms with Crippen LogP contribution in [0.5, 0.6) is 11.5 Å². The number of nitrogens with zero attached hydrogens (tertiary/aromatic N) is 1. The Morgan fingerprint density at radius 1 is 1.00 bits per heavy atom. The summed E-state index contributed by atoms with van der Waals surface area (Å²) in [5.74, 6) is 1.37. The summed E-state index contributed by atoms with van der Waals surface area (Å²) in [6.45, 7) is 3.16. The monoisotopic (exact) mass is 444 g/mol. The number of hydrogen-bond donors (Lipinski definition) is 1. The lowest BCUT2D eigenvalue weighted by Crippen LogP contribution is -2.26. The van der Waals surface area contributed by atoms with Crippen molar-refractivity contribution in [3.8, 4) is 11.5 Å². The zero-order valence-electron chi connectivity index (χ0n) is 15.9. The third kappa shape index (κ3) is 4.43. The van der Waals surface area contributed by atoms with Gasteiger partial charge in [-0.05, 0) is 42.7 Å². The minimum atomic E-state index is -0.0420. The smallest absolute Gasteiger partial charge is 0.228 e. The second-order valence-electron chi connectivity index (χ2n) is 7.23. The summed E-state index contributed by atoms with van der Waals surface area (Å²) in [5.41, 5.74) is 2.87. The van der Waals surface area contributed by atoms with Gasteiger partial charge in [-0.15, -0.1) is 0 Å². The van der Waals surface area contributed by atoms with Crippen molar-refractivity contribution < 1.29 is 14.3 Å². The number of halogens is 1. The van der Waals surface area contributed by atoms with E-state index in [0.717, 1.165) is 34.5 Å². The lowest BCUT2D eigenvalue weighted by atomic mass is 10.1. The zero-order chi connectivity index (χ0) is 19.3. The molecule has 0 atom stereocenters. The lowest BCUT2D eigenvalue weighted by molar-refractivity contribution is -0.115. The van der Waals surface area contributed by atoms with Crippen LogP contribution in [0.1, 0.15) is 31.2 Å². The number of para-hydroxylation sites is 2. The maximum atomic E-state index is 12.8. The molecule has 2 aromatic carbocycles. The van der Waals surface area contributed by atoms with Crippen LogP contribution in [-0.2, 0) is 11.2 Å². The second kappa shape index (κ2) is 8.86. The molecule has 1 amide bonds. The summed E-state index contributed by atoms with van der Waals surface area (Å²) in [7, 11) is 0. The Hall–Kier alpha value is -2.21. The molecule has 1 saturated heterocycles. The SMILES string of the molecule is O=C(Cc1cc2c(cc1Br)OCCO2)Nc1ccccc1N1CCCCCC1. The number of carbonyl (C=O) groups is 1. The van der Waals surface area contributed by atoms with Gasteiger partial charge in [0, 0.05) is 17.6 Å². The van der Waals surface area contributed by atoms with Crippen molar-refractivity contribution in [2.45, 2.75) is 32.1 Å². The lowest BCUT2D eigenvalue weighted by Gasteiger charge is -2.25. The molecule has 2 heterocycles. The largest absolute Gasteiger partial charge is 0.486 e. The number of nitrogens with one attached hydrogen (secondary N) is 1. The van der Waals surface area contributed by atoms with Crippen LogP contribution in [0.15, 0.2) is 40.9 Å². The van der Waals surface area contributed by atoms with E-state index in [2.05, 4.69) is 32.2 Å². The third-order valence-corrected chi connectivity index (χ3v) is 5.93. The average Bonchev–Trinajstić information content (AvgIpc) is 2.98. The van der Waals surface area contributed by atoms with Crippen molar-refractivity contribution in [1.29, 1.82) is 0 Å². The molecule has 0 aliphatic carbocycles. The Balaban J connectivity index is 1.49. The van der Waals surface area contributed by atoms with Crippen LogP contribution in [0.25, 0.3) is 0 Å². The highest BCUT2D eigenvalue weighted by molar-refractivity contribution is 9.10. The number of benzene rings is 2. The van der Waals surface area contributed by atoms with Gasteiger partial charge in [-0.1, -0.05) is 40.9 Å². The van der Waals surface area contributed by atoms with E-state index >= 15 is 0 Å². The van der Waals surface area contributed by atoms with E-state index in [0.29, 0.717) is 24.7 Å². The minimum Gasteiger partial charge on any atom is -0.486 e. The van der Waals surface area contributed by atoms with Gasteiger partial charge >= 0.3 is 0 Å². The van der Waals surface area contributed by atoms with Gasteiger partial charge in [0.05, 0.1) is 17.8 Å². The summed E-state index contributed by atoms with van der Waals surface area (Å²) in [6.07, 6.45) is 5.23. The molecule has 0 spiro atoms. The molecule has 2 aromatic rings. The number of amides is 1. The maximum Gasteiger partial charge on any atom is 0.228 e. The highest BCUT2D eigenvalue weighted by Crippen LogP contribution is 2.36. The van der Waals surface area contributed by atoms with Crippen LogP contribution in [0.3, 0.4) is 0 Å². The Kier molecular flexibility index (Phi) is 6.05. The van der Waals surface area contributed by atoms with Gasteiger partial charge in [-0.2, -0.15) is 0 Å². The fourth-order valence-corrected chi connectivity index (χ4v) is 4.24. The quantitative estimate of drug-likeness (QED) is 0.736. The first-order chi connectivity index (χ1) is 13.7. The van der Waals surface area contributed by atoms with E-state index in [1.165, 1.54) is 25.7 Å². The predicted molar refractivity (Wildman–Crippen MR) is 115 cm³/mol. The topological polar surface area (TPSA) is 50.8 Å². The van der Waals surface area contributed by atoms with Crippen molar-refractivity contribution in [2.24, 2.45) is 0 Å². The summed E-state index contributed by atoms with van der Waals surface area (Å²) >= 11 is 3.55. The molecule has 5 nitrogen and oxygen atoms in total. The molecule has 148 valence electrons. The van der Waals surface area contributed by atoms with E-state index in [-0.39, 0.29) is 12.3 Å². The molecule has 0 bridgehead atoms.